The van der Waals surface area contributed by atoms with Gasteiger partial charge in [-0.1, -0.05) is 19.9 Å². The van der Waals surface area contributed by atoms with Crippen LogP contribution in [0, 0.1) is 5.92 Å². The summed E-state index contributed by atoms with van der Waals surface area (Å²) in [4.78, 5) is 11.7. The maximum absolute atomic E-state index is 11.7. The van der Waals surface area contributed by atoms with Gasteiger partial charge < -0.3 is 11.1 Å². The lowest BCUT2D eigenvalue weighted by atomic mass is 10.1. The van der Waals surface area contributed by atoms with E-state index < -0.39 is 6.04 Å². The number of nitrogens with two attached hydrogens (primary N) is 1. The highest BCUT2D eigenvalue weighted by Crippen LogP contribution is 2.03. The van der Waals surface area contributed by atoms with Gasteiger partial charge in [0.2, 0.25) is 5.91 Å². The van der Waals surface area contributed by atoms with Crippen molar-refractivity contribution in [3.8, 4) is 0 Å². The molecule has 0 radical (unpaired) electrons. The maximum atomic E-state index is 11.7. The highest BCUT2D eigenvalue weighted by molar-refractivity contribution is 5.81. The zero-order valence-corrected chi connectivity index (χ0v) is 10.5. The Labute approximate surface area is 105 Å². The molecule has 2 rings (SSSR count). The predicted molar refractivity (Wildman–Crippen MR) is 67.6 cm³/mol. The second-order valence-electron chi connectivity index (χ2n) is 4.53. The molecule has 1 atom stereocenters. The number of pyridine rings is 1. The third-order valence-electron chi connectivity index (χ3n) is 2.83. The minimum absolute atomic E-state index is 0.111. The van der Waals surface area contributed by atoms with Gasteiger partial charge in [0.15, 0.2) is 11.5 Å². The molecule has 0 aliphatic heterocycles. The van der Waals surface area contributed by atoms with Gasteiger partial charge in [-0.05, 0) is 18.1 Å². The number of carbonyl (C=O) groups excluding carboxylic acids is 1. The van der Waals surface area contributed by atoms with Crippen LogP contribution in [0.15, 0.2) is 24.4 Å². The van der Waals surface area contributed by atoms with Crippen LogP contribution in [0.5, 0.6) is 0 Å². The number of carbonyl (C=O) groups is 1. The second kappa shape index (κ2) is 5.14. The Balaban J connectivity index is 2.04. The van der Waals surface area contributed by atoms with E-state index in [-0.39, 0.29) is 11.8 Å². The third kappa shape index (κ3) is 2.48. The van der Waals surface area contributed by atoms with Crippen molar-refractivity contribution < 1.29 is 4.79 Å². The molecule has 96 valence electrons. The Hall–Kier alpha value is -1.95. The van der Waals surface area contributed by atoms with Crippen molar-refractivity contribution in [2.75, 3.05) is 0 Å². The van der Waals surface area contributed by atoms with E-state index in [0.29, 0.717) is 12.4 Å². The molecular weight excluding hydrogens is 230 g/mol. The van der Waals surface area contributed by atoms with Gasteiger partial charge in [-0.15, -0.1) is 10.2 Å². The van der Waals surface area contributed by atoms with E-state index in [9.17, 15) is 4.79 Å². The van der Waals surface area contributed by atoms with Crippen molar-refractivity contribution in [3.63, 3.8) is 0 Å². The molecule has 0 aliphatic rings. The van der Waals surface area contributed by atoms with Crippen molar-refractivity contribution in [2.45, 2.75) is 26.4 Å². The molecule has 18 heavy (non-hydrogen) atoms. The van der Waals surface area contributed by atoms with Gasteiger partial charge in [-0.3, -0.25) is 9.20 Å². The molecule has 2 heterocycles. The van der Waals surface area contributed by atoms with Crippen molar-refractivity contribution in [1.29, 1.82) is 0 Å². The summed E-state index contributed by atoms with van der Waals surface area (Å²) in [5.74, 6) is 0.632. The first-order valence-electron chi connectivity index (χ1n) is 5.91. The zero-order chi connectivity index (χ0) is 13.1. The Bertz CT molecular complexity index is 548. The van der Waals surface area contributed by atoms with E-state index in [1.54, 1.807) is 0 Å². The summed E-state index contributed by atoms with van der Waals surface area (Å²) in [6, 6.07) is 5.14. The quantitative estimate of drug-likeness (QED) is 0.815. The molecule has 3 N–H and O–H groups in total. The van der Waals surface area contributed by atoms with Crippen LogP contribution >= 0.6 is 0 Å². The second-order valence-corrected chi connectivity index (χ2v) is 4.53. The maximum Gasteiger partial charge on any atom is 0.237 e. The molecule has 6 nitrogen and oxygen atoms in total. The van der Waals surface area contributed by atoms with E-state index in [4.69, 9.17) is 5.73 Å². The summed E-state index contributed by atoms with van der Waals surface area (Å²) in [6.45, 7) is 4.15. The standard InChI is InChI=1S/C12H17N5O/c1-8(2)11(13)12(18)14-7-10-16-15-9-5-3-4-6-17(9)10/h3-6,8,11H,7,13H2,1-2H3,(H,14,18). The highest BCUT2D eigenvalue weighted by atomic mass is 16.2. The topological polar surface area (TPSA) is 85.3 Å². The molecule has 0 saturated heterocycles. The average molecular weight is 247 g/mol. The molecule has 0 bridgehead atoms. The average Bonchev–Trinajstić information content (AvgIpc) is 2.78. The van der Waals surface area contributed by atoms with E-state index in [1.807, 2.05) is 42.6 Å². The van der Waals surface area contributed by atoms with Gasteiger partial charge >= 0.3 is 0 Å². The normalized spacial score (nSPS) is 12.9. The lowest BCUT2D eigenvalue weighted by Gasteiger charge is -2.14. The van der Waals surface area contributed by atoms with E-state index in [2.05, 4.69) is 15.5 Å². The van der Waals surface area contributed by atoms with Crippen LogP contribution in [0.4, 0.5) is 0 Å². The van der Waals surface area contributed by atoms with E-state index in [0.717, 1.165) is 5.65 Å². The molecule has 2 aromatic rings. The Morgan fingerprint density at radius 1 is 1.44 bits per heavy atom. The van der Waals surface area contributed by atoms with Crippen LogP contribution in [-0.4, -0.2) is 26.5 Å². The Morgan fingerprint density at radius 3 is 2.94 bits per heavy atom. The van der Waals surface area contributed by atoms with Crippen LogP contribution in [0.25, 0.3) is 5.65 Å². The number of fused-ring (bicyclic) bond motifs is 1. The van der Waals surface area contributed by atoms with Crippen LogP contribution in [0.1, 0.15) is 19.7 Å². The van der Waals surface area contributed by atoms with E-state index >= 15 is 0 Å². The molecule has 2 aromatic heterocycles. The highest BCUT2D eigenvalue weighted by Gasteiger charge is 2.17. The number of nitrogens with zero attached hydrogens (tertiary/aromatic N) is 3. The van der Waals surface area contributed by atoms with Crippen molar-refractivity contribution in [2.24, 2.45) is 11.7 Å². The first-order chi connectivity index (χ1) is 8.59. The first kappa shape index (κ1) is 12.5. The van der Waals surface area contributed by atoms with Crippen LogP contribution in [0.2, 0.25) is 0 Å². The summed E-state index contributed by atoms with van der Waals surface area (Å²) in [7, 11) is 0. The molecular formula is C12H17N5O. The van der Waals surface area contributed by atoms with E-state index in [1.165, 1.54) is 0 Å². The summed E-state index contributed by atoms with van der Waals surface area (Å²) in [6.07, 6.45) is 1.86. The van der Waals surface area contributed by atoms with Crippen LogP contribution in [0.3, 0.4) is 0 Å². The van der Waals surface area contributed by atoms with Gasteiger partial charge in [0.25, 0.3) is 0 Å². The lowest BCUT2D eigenvalue weighted by molar-refractivity contribution is -0.123. The summed E-state index contributed by atoms with van der Waals surface area (Å²) in [5, 5.41) is 10.8. The number of nitrogens with one attached hydrogen (secondary N) is 1. The Morgan fingerprint density at radius 2 is 2.22 bits per heavy atom. The molecule has 0 fully saturated rings. The molecule has 1 amide bonds. The summed E-state index contributed by atoms with van der Waals surface area (Å²) in [5.41, 5.74) is 6.52. The number of amides is 1. The minimum atomic E-state index is -0.496. The van der Waals surface area contributed by atoms with Crippen molar-refractivity contribution >= 4 is 11.6 Å². The minimum Gasteiger partial charge on any atom is -0.347 e. The number of rotatable bonds is 4. The summed E-state index contributed by atoms with van der Waals surface area (Å²) >= 11 is 0. The smallest absolute Gasteiger partial charge is 0.237 e. The van der Waals surface area contributed by atoms with Crippen molar-refractivity contribution in [1.82, 2.24) is 19.9 Å². The largest absolute Gasteiger partial charge is 0.347 e. The molecule has 0 aliphatic carbocycles. The third-order valence-corrected chi connectivity index (χ3v) is 2.83. The molecule has 0 spiro atoms. The molecule has 0 saturated carbocycles. The molecule has 6 heteroatoms. The number of hydrogen-bond donors (Lipinski definition) is 2. The predicted octanol–water partition coefficient (Wildman–Crippen LogP) is 0.329. The zero-order valence-electron chi connectivity index (χ0n) is 10.5. The van der Waals surface area contributed by atoms with Gasteiger partial charge in [0, 0.05) is 6.20 Å². The SMILES string of the molecule is CC(C)C(N)C(=O)NCc1nnc2ccccn12. The van der Waals surface area contributed by atoms with Gasteiger partial charge in [0.1, 0.15) is 0 Å². The monoisotopic (exact) mass is 247 g/mol. The van der Waals surface area contributed by atoms with Gasteiger partial charge in [0.05, 0.1) is 12.6 Å². The summed E-state index contributed by atoms with van der Waals surface area (Å²) < 4.78 is 1.83. The van der Waals surface area contributed by atoms with Crippen LogP contribution < -0.4 is 11.1 Å². The first-order valence-corrected chi connectivity index (χ1v) is 5.91. The fourth-order valence-electron chi connectivity index (χ4n) is 1.60. The van der Waals surface area contributed by atoms with Crippen LogP contribution in [-0.2, 0) is 11.3 Å². The number of hydrogen-bond acceptors (Lipinski definition) is 4. The Kier molecular flexibility index (Phi) is 3.57. The number of aromatic nitrogens is 3. The molecule has 1 unspecified atom stereocenters. The molecule has 0 aromatic carbocycles. The van der Waals surface area contributed by atoms with Crippen molar-refractivity contribution in [3.05, 3.63) is 30.2 Å². The lowest BCUT2D eigenvalue weighted by Crippen LogP contribution is -2.43. The fourth-order valence-corrected chi connectivity index (χ4v) is 1.60. The van der Waals surface area contributed by atoms with Gasteiger partial charge in [-0.25, -0.2) is 0 Å². The fraction of sp³-hybridized carbons (Fsp3) is 0.417. The van der Waals surface area contributed by atoms with Gasteiger partial charge in [-0.2, -0.15) is 0 Å².